The van der Waals surface area contributed by atoms with Crippen LogP contribution in [0.15, 0.2) is 48.5 Å². The van der Waals surface area contributed by atoms with E-state index in [1.807, 2.05) is 6.07 Å². The Morgan fingerprint density at radius 1 is 1.00 bits per heavy atom. The van der Waals surface area contributed by atoms with Crippen molar-refractivity contribution >= 4 is 27.5 Å². The molecule has 94 valence electrons. The fourth-order valence-electron chi connectivity index (χ4n) is 2.77. The van der Waals surface area contributed by atoms with Gasteiger partial charge in [0.15, 0.2) is 0 Å². The summed E-state index contributed by atoms with van der Waals surface area (Å²) in [5, 5.41) is 5.82. The van der Waals surface area contributed by atoms with Crippen LogP contribution in [-0.4, -0.2) is 24.7 Å². The Kier molecular flexibility index (Phi) is 2.38. The summed E-state index contributed by atoms with van der Waals surface area (Å²) in [7, 11) is 0. The molecule has 0 radical (unpaired) electrons. The van der Waals surface area contributed by atoms with Gasteiger partial charge in [0.05, 0.1) is 17.7 Å². The average molecular weight is 249 g/mol. The molecular weight excluding hydrogens is 234 g/mol. The van der Waals surface area contributed by atoms with Crippen LogP contribution in [0.2, 0.25) is 0 Å². The fourth-order valence-corrected chi connectivity index (χ4v) is 2.77. The topological polar surface area (TPSA) is 28.2 Å². The Labute approximate surface area is 111 Å². The molecule has 1 aliphatic heterocycles. The molecular formula is C16H15N3. The van der Waals surface area contributed by atoms with Crippen LogP contribution in [0.3, 0.4) is 0 Å². The molecule has 0 saturated carbocycles. The lowest BCUT2D eigenvalue weighted by atomic mass is 10.1. The van der Waals surface area contributed by atoms with Crippen molar-refractivity contribution in [3.8, 4) is 0 Å². The van der Waals surface area contributed by atoms with E-state index in [4.69, 9.17) is 4.98 Å². The van der Waals surface area contributed by atoms with Crippen LogP contribution in [0.4, 0.5) is 5.69 Å². The number of nitrogens with zero attached hydrogens (tertiary/aromatic N) is 2. The highest BCUT2D eigenvalue weighted by atomic mass is 15.3. The van der Waals surface area contributed by atoms with E-state index >= 15 is 0 Å². The van der Waals surface area contributed by atoms with Gasteiger partial charge in [-0.25, -0.2) is 4.98 Å². The number of rotatable bonds is 1. The summed E-state index contributed by atoms with van der Waals surface area (Å²) in [5.74, 6) is 0. The van der Waals surface area contributed by atoms with E-state index in [0.29, 0.717) is 0 Å². The van der Waals surface area contributed by atoms with E-state index in [0.717, 1.165) is 30.8 Å². The Morgan fingerprint density at radius 3 is 2.79 bits per heavy atom. The molecule has 1 fully saturated rings. The summed E-state index contributed by atoms with van der Waals surface area (Å²) in [5.41, 5.74) is 3.41. The van der Waals surface area contributed by atoms with Crippen LogP contribution in [0, 0.1) is 0 Å². The number of aromatic nitrogens is 1. The number of anilines is 1. The summed E-state index contributed by atoms with van der Waals surface area (Å²) in [4.78, 5) is 7.14. The van der Waals surface area contributed by atoms with Crippen LogP contribution in [0.1, 0.15) is 0 Å². The zero-order valence-corrected chi connectivity index (χ0v) is 10.6. The molecule has 1 aromatic heterocycles. The second-order valence-corrected chi connectivity index (χ2v) is 4.95. The van der Waals surface area contributed by atoms with Crippen molar-refractivity contribution in [2.75, 3.05) is 24.7 Å². The third kappa shape index (κ3) is 1.74. The summed E-state index contributed by atoms with van der Waals surface area (Å²) >= 11 is 0. The second-order valence-electron chi connectivity index (χ2n) is 4.95. The minimum Gasteiger partial charge on any atom is -0.357 e. The van der Waals surface area contributed by atoms with E-state index in [1.165, 1.54) is 16.5 Å². The number of nitrogens with one attached hydrogen (secondary N) is 1. The molecule has 0 aliphatic carbocycles. The maximum atomic E-state index is 4.76. The predicted octanol–water partition coefficient (Wildman–Crippen LogP) is 2.76. The first kappa shape index (κ1) is 10.8. The molecule has 0 unspecified atom stereocenters. The lowest BCUT2D eigenvalue weighted by molar-refractivity contribution is 0.856. The standard InChI is InChI=1S/C16H15N3/c1-2-5-14-12(4-1)10-13-15(18-14)6-3-7-16(13)19-9-8-17-11-19/h1-7,10,17H,8-9,11H2. The molecule has 3 heteroatoms. The highest BCUT2D eigenvalue weighted by Crippen LogP contribution is 2.29. The van der Waals surface area contributed by atoms with E-state index in [9.17, 15) is 0 Å². The Morgan fingerprint density at radius 2 is 1.89 bits per heavy atom. The molecule has 19 heavy (non-hydrogen) atoms. The summed E-state index contributed by atoms with van der Waals surface area (Å²) in [6, 6.07) is 16.9. The van der Waals surface area contributed by atoms with Gasteiger partial charge in [0.25, 0.3) is 0 Å². The number of para-hydroxylation sites is 1. The van der Waals surface area contributed by atoms with Gasteiger partial charge in [-0.1, -0.05) is 24.3 Å². The normalized spacial score (nSPS) is 15.5. The highest BCUT2D eigenvalue weighted by Gasteiger charge is 2.14. The largest absolute Gasteiger partial charge is 0.357 e. The Balaban J connectivity index is 2.00. The fraction of sp³-hybridized carbons (Fsp3) is 0.188. The minimum atomic E-state index is 0.923. The molecule has 1 saturated heterocycles. The molecule has 1 N–H and O–H groups in total. The third-order valence-electron chi connectivity index (χ3n) is 3.74. The molecule has 2 heterocycles. The van der Waals surface area contributed by atoms with Gasteiger partial charge >= 0.3 is 0 Å². The smallest absolute Gasteiger partial charge is 0.0730 e. The molecule has 4 rings (SSSR count). The number of hydrogen-bond acceptors (Lipinski definition) is 3. The van der Waals surface area contributed by atoms with Crippen LogP contribution in [0.25, 0.3) is 21.8 Å². The summed E-state index contributed by atoms with van der Waals surface area (Å²) in [6.07, 6.45) is 0. The van der Waals surface area contributed by atoms with Gasteiger partial charge in [-0.05, 0) is 24.3 Å². The van der Waals surface area contributed by atoms with Crippen molar-refractivity contribution in [3.63, 3.8) is 0 Å². The lowest BCUT2D eigenvalue weighted by Crippen LogP contribution is -2.21. The summed E-state index contributed by atoms with van der Waals surface area (Å²) in [6.45, 7) is 3.04. The van der Waals surface area contributed by atoms with Gasteiger partial charge in [0.1, 0.15) is 0 Å². The Bertz CT molecular complexity index is 745. The maximum absolute atomic E-state index is 4.76. The molecule has 0 bridgehead atoms. The highest BCUT2D eigenvalue weighted by molar-refractivity contribution is 5.99. The monoisotopic (exact) mass is 249 g/mol. The first-order valence-corrected chi connectivity index (χ1v) is 6.66. The molecule has 1 aliphatic rings. The van der Waals surface area contributed by atoms with Crippen LogP contribution < -0.4 is 10.2 Å². The van der Waals surface area contributed by atoms with Crippen molar-refractivity contribution in [1.29, 1.82) is 0 Å². The van der Waals surface area contributed by atoms with Gasteiger partial charge < -0.3 is 4.90 Å². The first-order chi connectivity index (χ1) is 9.42. The van der Waals surface area contributed by atoms with Crippen LogP contribution in [0.5, 0.6) is 0 Å². The van der Waals surface area contributed by atoms with E-state index in [1.54, 1.807) is 0 Å². The van der Waals surface area contributed by atoms with Gasteiger partial charge in [-0.3, -0.25) is 5.32 Å². The van der Waals surface area contributed by atoms with Crippen molar-refractivity contribution in [2.45, 2.75) is 0 Å². The molecule has 0 atom stereocenters. The average Bonchev–Trinajstić information content (AvgIpc) is 2.98. The van der Waals surface area contributed by atoms with E-state index < -0.39 is 0 Å². The van der Waals surface area contributed by atoms with E-state index in [-0.39, 0.29) is 0 Å². The van der Waals surface area contributed by atoms with Gasteiger partial charge in [-0.15, -0.1) is 0 Å². The van der Waals surface area contributed by atoms with Crippen LogP contribution >= 0.6 is 0 Å². The summed E-state index contributed by atoms with van der Waals surface area (Å²) < 4.78 is 0. The van der Waals surface area contributed by atoms with Crippen LogP contribution in [-0.2, 0) is 0 Å². The number of hydrogen-bond donors (Lipinski definition) is 1. The maximum Gasteiger partial charge on any atom is 0.0730 e. The number of fused-ring (bicyclic) bond motifs is 2. The predicted molar refractivity (Wildman–Crippen MR) is 79.5 cm³/mol. The van der Waals surface area contributed by atoms with Crippen molar-refractivity contribution < 1.29 is 0 Å². The zero-order chi connectivity index (χ0) is 12.7. The first-order valence-electron chi connectivity index (χ1n) is 6.66. The molecule has 3 nitrogen and oxygen atoms in total. The molecule has 0 spiro atoms. The van der Waals surface area contributed by atoms with Gasteiger partial charge in [-0.2, -0.15) is 0 Å². The zero-order valence-electron chi connectivity index (χ0n) is 10.6. The SMILES string of the molecule is c1ccc2nc3cccc(N4CCNC4)c3cc2c1. The lowest BCUT2D eigenvalue weighted by Gasteiger charge is -2.19. The third-order valence-corrected chi connectivity index (χ3v) is 3.74. The molecule has 0 amide bonds. The van der Waals surface area contributed by atoms with Crippen molar-refractivity contribution in [3.05, 3.63) is 48.5 Å². The number of benzene rings is 2. The van der Waals surface area contributed by atoms with Crippen molar-refractivity contribution in [1.82, 2.24) is 10.3 Å². The molecule has 3 aromatic rings. The quantitative estimate of drug-likeness (QED) is 0.672. The van der Waals surface area contributed by atoms with Gasteiger partial charge in [0, 0.05) is 29.5 Å². The van der Waals surface area contributed by atoms with Gasteiger partial charge in [0.2, 0.25) is 0 Å². The molecule has 2 aromatic carbocycles. The Hall–Kier alpha value is -2.13. The van der Waals surface area contributed by atoms with E-state index in [2.05, 4.69) is 52.7 Å². The minimum absolute atomic E-state index is 0.923. The number of pyridine rings is 1. The van der Waals surface area contributed by atoms with Crippen molar-refractivity contribution in [2.24, 2.45) is 0 Å². The second kappa shape index (κ2) is 4.21.